The lowest BCUT2D eigenvalue weighted by molar-refractivity contribution is -0.293. The van der Waals surface area contributed by atoms with Gasteiger partial charge in [0, 0.05) is 26.7 Å². The van der Waals surface area contributed by atoms with Gasteiger partial charge in [0.15, 0.2) is 12.6 Å². The van der Waals surface area contributed by atoms with Gasteiger partial charge in [0.2, 0.25) is 0 Å². The van der Waals surface area contributed by atoms with E-state index >= 15 is 0 Å². The standard InChI is InChI=1S/C11H22O5.C11H22O4.C11H24O4.C9H19N.CH4/c1-11(2,3)5-6-7(12)8(13)9(14)10(15-4)16-6;1-6-7(12)8(13)9(11(2,3)4)15-10(6)14-5;1-5-7(12)9(14)10(15)8(13)6-11(2,3)4;1-3-5-6-7-9-10-8-4-2;/h6-10,12-14H,5H2,1-4H3;6-10,12-13H,1-5H3;7-10,12-15H,5-6H2,1-4H3;7,9-10H,3-6,8H2,1-2H3;1H4. The fourth-order valence-corrected chi connectivity index (χ4v) is 6.03. The van der Waals surface area contributed by atoms with E-state index in [2.05, 4.69) is 31.4 Å². The van der Waals surface area contributed by atoms with E-state index in [-0.39, 0.29) is 29.6 Å². The van der Waals surface area contributed by atoms with E-state index in [9.17, 15) is 46.0 Å². The second-order valence-corrected chi connectivity index (χ2v) is 18.7. The van der Waals surface area contributed by atoms with E-state index in [0.717, 1.165) is 6.54 Å². The first kappa shape index (κ1) is 60.3. The lowest BCUT2D eigenvalue weighted by Gasteiger charge is -2.45. The average molecular weight is 830 g/mol. The molecule has 2 heterocycles. The topological polar surface area (TPSA) is 231 Å². The molecule has 346 valence electrons. The quantitative estimate of drug-likeness (QED) is 0.111. The number of ether oxygens (including phenoxy) is 4. The summed E-state index contributed by atoms with van der Waals surface area (Å²) in [7, 11) is 2.94. The Morgan fingerprint density at radius 2 is 1.19 bits per heavy atom. The molecule has 0 spiro atoms. The highest BCUT2D eigenvalue weighted by atomic mass is 16.7. The molecular weight excluding hydrogens is 738 g/mol. The molecule has 0 aromatic carbocycles. The van der Waals surface area contributed by atoms with Gasteiger partial charge < -0.3 is 70.2 Å². The number of allylic oxidation sites excluding steroid dienone is 1. The van der Waals surface area contributed by atoms with Crippen molar-refractivity contribution in [3.63, 3.8) is 0 Å². The van der Waals surface area contributed by atoms with Gasteiger partial charge in [-0.15, -0.1) is 0 Å². The molecule has 0 aromatic rings. The van der Waals surface area contributed by atoms with Crippen LogP contribution in [0.3, 0.4) is 0 Å². The first-order valence-corrected chi connectivity index (χ1v) is 20.5. The predicted molar refractivity (Wildman–Crippen MR) is 226 cm³/mol. The smallest absolute Gasteiger partial charge is 0.186 e. The van der Waals surface area contributed by atoms with Gasteiger partial charge in [-0.05, 0) is 54.5 Å². The predicted octanol–water partition coefficient (Wildman–Crippen LogP) is 4.24. The van der Waals surface area contributed by atoms with Gasteiger partial charge in [-0.25, -0.2) is 0 Å². The summed E-state index contributed by atoms with van der Waals surface area (Å²) in [6.07, 6.45) is -1.42. The van der Waals surface area contributed by atoms with Crippen LogP contribution in [-0.4, -0.2) is 146 Å². The van der Waals surface area contributed by atoms with Crippen molar-refractivity contribution in [2.75, 3.05) is 20.8 Å². The van der Waals surface area contributed by atoms with Gasteiger partial charge >= 0.3 is 0 Å². The summed E-state index contributed by atoms with van der Waals surface area (Å²) in [5.74, 6) is -0.219. The second-order valence-electron chi connectivity index (χ2n) is 18.7. The summed E-state index contributed by atoms with van der Waals surface area (Å²) < 4.78 is 21.2. The highest BCUT2D eigenvalue weighted by Crippen LogP contribution is 2.35. The maximum Gasteiger partial charge on any atom is 0.186 e. The molecule has 0 aliphatic carbocycles. The molecule has 0 saturated carbocycles. The lowest BCUT2D eigenvalue weighted by atomic mass is 9.79. The summed E-state index contributed by atoms with van der Waals surface area (Å²) in [4.78, 5) is 0. The summed E-state index contributed by atoms with van der Waals surface area (Å²) >= 11 is 0. The van der Waals surface area contributed by atoms with Crippen molar-refractivity contribution < 1.29 is 64.9 Å². The number of hydrogen-bond acceptors (Lipinski definition) is 14. The minimum absolute atomic E-state index is 0. The fourth-order valence-electron chi connectivity index (χ4n) is 6.03. The fraction of sp³-hybridized carbons (Fsp3) is 0.953. The number of rotatable bonds is 14. The molecule has 2 aliphatic heterocycles. The van der Waals surface area contributed by atoms with Crippen LogP contribution in [0.25, 0.3) is 0 Å². The number of unbranched alkanes of at least 4 members (excludes halogenated alkanes) is 2. The number of aliphatic hydroxyl groups is 9. The maximum absolute atomic E-state index is 9.93. The van der Waals surface area contributed by atoms with Crippen molar-refractivity contribution in [2.45, 2.75) is 222 Å². The molecule has 0 amide bonds. The molecule has 10 N–H and O–H groups in total. The van der Waals surface area contributed by atoms with E-state index in [4.69, 9.17) is 18.9 Å². The van der Waals surface area contributed by atoms with Crippen molar-refractivity contribution in [3.8, 4) is 0 Å². The van der Waals surface area contributed by atoms with Gasteiger partial charge in [-0.3, -0.25) is 0 Å². The van der Waals surface area contributed by atoms with Gasteiger partial charge in [0.25, 0.3) is 0 Å². The van der Waals surface area contributed by atoms with Crippen LogP contribution in [0, 0.1) is 22.2 Å². The summed E-state index contributed by atoms with van der Waals surface area (Å²) in [6.45, 7) is 26.8. The van der Waals surface area contributed by atoms with E-state index in [1.807, 2.05) is 62.3 Å². The van der Waals surface area contributed by atoms with E-state index in [1.165, 1.54) is 32.8 Å². The number of aliphatic hydroxyl groups excluding tert-OH is 9. The van der Waals surface area contributed by atoms with Crippen LogP contribution in [0.5, 0.6) is 0 Å². The average Bonchev–Trinajstić information content (AvgIpc) is 3.10. The van der Waals surface area contributed by atoms with Crippen molar-refractivity contribution in [1.29, 1.82) is 0 Å². The third kappa shape index (κ3) is 24.2. The normalized spacial score (nSPS) is 30.2. The van der Waals surface area contributed by atoms with Gasteiger partial charge in [0.1, 0.15) is 36.6 Å². The van der Waals surface area contributed by atoms with Crippen LogP contribution in [0.1, 0.15) is 142 Å². The molecule has 2 fully saturated rings. The summed E-state index contributed by atoms with van der Waals surface area (Å²) in [5.41, 5.74) is -0.388. The van der Waals surface area contributed by atoms with Gasteiger partial charge in [-0.2, -0.15) is 0 Å². The van der Waals surface area contributed by atoms with E-state index in [1.54, 1.807) is 21.0 Å². The first-order chi connectivity index (χ1) is 25.6. The van der Waals surface area contributed by atoms with Crippen LogP contribution in [0.2, 0.25) is 0 Å². The van der Waals surface area contributed by atoms with E-state index in [0.29, 0.717) is 19.3 Å². The maximum atomic E-state index is 9.93. The third-order valence-electron chi connectivity index (χ3n) is 9.44. The van der Waals surface area contributed by atoms with Gasteiger partial charge in [0.05, 0.1) is 30.5 Å². The Labute approximate surface area is 347 Å². The minimum Gasteiger partial charge on any atom is -0.391 e. The van der Waals surface area contributed by atoms with Crippen LogP contribution in [0.4, 0.5) is 0 Å². The molecule has 57 heavy (non-hydrogen) atoms. The molecule has 2 saturated heterocycles. The molecule has 14 nitrogen and oxygen atoms in total. The highest BCUT2D eigenvalue weighted by Gasteiger charge is 2.47. The summed E-state index contributed by atoms with van der Waals surface area (Å²) in [6, 6.07) is 0. The Kier molecular flexibility index (Phi) is 31.0. The van der Waals surface area contributed by atoms with Crippen LogP contribution < -0.4 is 5.32 Å². The molecule has 14 unspecified atom stereocenters. The Bertz CT molecular complexity index is 980. The third-order valence-corrected chi connectivity index (χ3v) is 9.44. The zero-order valence-electron chi connectivity index (χ0n) is 37.6. The molecule has 0 aromatic heterocycles. The Morgan fingerprint density at radius 1 is 0.667 bits per heavy atom. The summed E-state index contributed by atoms with van der Waals surface area (Å²) in [5, 5.41) is 90.1. The molecule has 14 atom stereocenters. The zero-order valence-corrected chi connectivity index (χ0v) is 37.6. The van der Waals surface area contributed by atoms with Crippen LogP contribution in [0.15, 0.2) is 12.3 Å². The first-order valence-electron chi connectivity index (χ1n) is 20.5. The van der Waals surface area contributed by atoms with Crippen molar-refractivity contribution in [2.24, 2.45) is 22.2 Å². The Hall–Kier alpha value is -0.980. The van der Waals surface area contributed by atoms with Crippen LogP contribution >= 0.6 is 0 Å². The van der Waals surface area contributed by atoms with Crippen LogP contribution in [-0.2, 0) is 18.9 Å². The highest BCUT2D eigenvalue weighted by molar-refractivity contribution is 4.93. The Morgan fingerprint density at radius 3 is 1.61 bits per heavy atom. The number of methoxy groups -OCH3 is 2. The lowest BCUT2D eigenvalue weighted by Crippen LogP contribution is -2.58. The minimum atomic E-state index is -1.29. The van der Waals surface area contributed by atoms with E-state index < -0.39 is 79.7 Å². The molecule has 2 rings (SSSR count). The molecule has 0 bridgehead atoms. The SMILES string of the molecule is C.CCC(O)C(O)C(O)C(O)CC(C)(C)C.CCCCC=CNCCC.COC1OC(C(C)(C)C)C(O)C(O)C1C.COC1OC(CC(C)(C)C)C(O)C(O)C1O. The van der Waals surface area contributed by atoms with Crippen molar-refractivity contribution in [3.05, 3.63) is 12.3 Å². The second kappa shape index (κ2) is 29.3. The monoisotopic (exact) mass is 830 g/mol. The van der Waals surface area contributed by atoms with Crippen molar-refractivity contribution in [1.82, 2.24) is 5.32 Å². The molecular formula is C43H91NO13. The van der Waals surface area contributed by atoms with Gasteiger partial charge in [-0.1, -0.05) is 116 Å². The van der Waals surface area contributed by atoms with Crippen molar-refractivity contribution >= 4 is 0 Å². The Balaban J connectivity index is -0.000000687. The largest absolute Gasteiger partial charge is 0.391 e. The number of nitrogens with one attached hydrogen (secondary N) is 1. The zero-order chi connectivity index (χ0) is 44.2. The number of hydrogen-bond donors (Lipinski definition) is 10. The molecule has 2 aliphatic rings. The molecule has 0 radical (unpaired) electrons. The molecule has 14 heteroatoms.